The third-order valence-electron chi connectivity index (χ3n) is 12.9. The van der Waals surface area contributed by atoms with Crippen LogP contribution in [0.2, 0.25) is 0 Å². The fraction of sp³-hybridized carbons (Fsp3) is 0.591. The first-order chi connectivity index (χ1) is 27.2. The van der Waals surface area contributed by atoms with Crippen LogP contribution in [-0.2, 0) is 11.2 Å². The summed E-state index contributed by atoms with van der Waals surface area (Å²) in [6, 6.07) is 10.0. The molecule has 2 aromatic carbocycles. The summed E-state index contributed by atoms with van der Waals surface area (Å²) in [7, 11) is 0. The number of carbonyl (C=O) groups excluding carboxylic acids is 1. The van der Waals surface area contributed by atoms with Crippen LogP contribution in [-0.4, -0.2) is 119 Å². The van der Waals surface area contributed by atoms with Gasteiger partial charge in [0.25, 0.3) is 0 Å². The van der Waals surface area contributed by atoms with Gasteiger partial charge >= 0.3 is 6.01 Å². The van der Waals surface area contributed by atoms with Crippen molar-refractivity contribution in [1.82, 2.24) is 35.4 Å². The second-order valence-electron chi connectivity index (χ2n) is 18.2. The van der Waals surface area contributed by atoms with Crippen molar-refractivity contribution in [2.45, 2.75) is 96.9 Å². The zero-order valence-electron chi connectivity index (χ0n) is 34.1. The Balaban J connectivity index is 0.929. The van der Waals surface area contributed by atoms with Gasteiger partial charge in [0.05, 0.1) is 11.9 Å². The van der Waals surface area contributed by atoms with Gasteiger partial charge in [0, 0.05) is 62.6 Å². The zero-order chi connectivity index (χ0) is 40.1. The number of piperidine rings is 1. The standard InChI is InChI=1S/C44H58F2N8O3/c1-6-29-8-7-9-30-18-33(55)19-34(37(29)30)39-38(45)40-35(21-47-39)41(54-22-31-10-11-32(23-54)49-31)51-42(50-40)57-17-16-52-14-12-28(13-15-52)20-44(46)25-53(26-44)24-36(56)48-27(2)43(3,4)5/h7-9,18-19,21,27-28,31-32,49,55H,6,10-17,20,22-26H2,1-5H3,(H,48,56). The Morgan fingerprint density at radius 1 is 1.09 bits per heavy atom. The second kappa shape index (κ2) is 15.9. The lowest BCUT2D eigenvalue weighted by Crippen LogP contribution is -2.62. The largest absolute Gasteiger partial charge is 0.508 e. The number of phenols is 1. The molecule has 2 bridgehead atoms. The topological polar surface area (TPSA) is 119 Å². The molecule has 57 heavy (non-hydrogen) atoms. The SMILES string of the molecule is CCc1cccc2cc(O)cc(-c3ncc4c(N5CC6CCC(C5)N6)nc(OCCN5CCC(CC6(F)CN(CC(=O)NC(C)C(C)(C)C)C6)CC5)nc4c3F)c12. The number of halogens is 2. The first kappa shape index (κ1) is 39.6. The first-order valence-electron chi connectivity index (χ1n) is 20.9. The minimum Gasteiger partial charge on any atom is -0.508 e. The molecule has 3 unspecified atom stereocenters. The summed E-state index contributed by atoms with van der Waals surface area (Å²) in [5.41, 5.74) is 0.572. The number of ether oxygens (including phenoxy) is 1. The number of hydrogen-bond acceptors (Lipinski definition) is 10. The van der Waals surface area contributed by atoms with Crippen molar-refractivity contribution >= 4 is 33.4 Å². The zero-order valence-corrected chi connectivity index (χ0v) is 34.1. The molecule has 3 atom stereocenters. The molecule has 4 aliphatic heterocycles. The number of benzene rings is 2. The molecule has 11 nitrogen and oxygen atoms in total. The number of aromatic nitrogens is 3. The van der Waals surface area contributed by atoms with E-state index < -0.39 is 11.5 Å². The average molecular weight is 785 g/mol. The molecule has 13 heteroatoms. The maximum Gasteiger partial charge on any atom is 0.319 e. The molecule has 306 valence electrons. The van der Waals surface area contributed by atoms with Crippen molar-refractivity contribution in [1.29, 1.82) is 0 Å². The van der Waals surface area contributed by atoms with E-state index in [0.29, 0.717) is 67.4 Å². The number of phenolic OH excluding ortho intramolecular Hbond substituents is 1. The number of nitrogens with one attached hydrogen (secondary N) is 2. The van der Waals surface area contributed by atoms with Crippen LogP contribution in [0.15, 0.2) is 36.5 Å². The van der Waals surface area contributed by atoms with Gasteiger partial charge < -0.3 is 25.4 Å². The van der Waals surface area contributed by atoms with E-state index in [1.54, 1.807) is 18.3 Å². The molecule has 0 aliphatic carbocycles. The summed E-state index contributed by atoms with van der Waals surface area (Å²) in [6.07, 6.45) is 6.92. The van der Waals surface area contributed by atoms with Crippen molar-refractivity contribution in [3.8, 4) is 23.0 Å². The highest BCUT2D eigenvalue weighted by Gasteiger charge is 2.45. The van der Waals surface area contributed by atoms with Crippen LogP contribution in [0.1, 0.15) is 72.3 Å². The lowest BCUT2D eigenvalue weighted by Gasteiger charge is -2.46. The Bertz CT molecular complexity index is 2100. The van der Waals surface area contributed by atoms with Gasteiger partial charge in [-0.05, 0) is 98.3 Å². The number of pyridine rings is 1. The van der Waals surface area contributed by atoms with E-state index in [1.807, 2.05) is 30.0 Å². The number of likely N-dealkylation sites (tertiary alicyclic amines) is 2. The average Bonchev–Trinajstić information content (AvgIpc) is 3.50. The molecule has 8 rings (SSSR count). The molecule has 0 saturated carbocycles. The van der Waals surface area contributed by atoms with Gasteiger partial charge in [-0.25, -0.2) is 8.78 Å². The molecule has 4 aliphatic rings. The summed E-state index contributed by atoms with van der Waals surface area (Å²) in [5.74, 6) is 0.346. The molecule has 0 radical (unpaired) electrons. The van der Waals surface area contributed by atoms with Crippen LogP contribution in [0.4, 0.5) is 14.6 Å². The number of hydrogen-bond donors (Lipinski definition) is 3. The number of carbonyl (C=O) groups is 1. The Morgan fingerprint density at radius 2 is 1.82 bits per heavy atom. The van der Waals surface area contributed by atoms with Crippen LogP contribution >= 0.6 is 0 Å². The van der Waals surface area contributed by atoms with Crippen molar-refractivity contribution in [3.05, 3.63) is 47.9 Å². The van der Waals surface area contributed by atoms with E-state index >= 15 is 8.78 Å². The molecule has 6 heterocycles. The van der Waals surface area contributed by atoms with E-state index in [1.165, 1.54) is 0 Å². The van der Waals surface area contributed by atoms with Gasteiger partial charge in [0.15, 0.2) is 5.82 Å². The molecule has 1 amide bonds. The Morgan fingerprint density at radius 3 is 2.53 bits per heavy atom. The molecular formula is C44H58F2N8O3. The van der Waals surface area contributed by atoms with Gasteiger partial charge in [-0.1, -0.05) is 45.9 Å². The fourth-order valence-corrected chi connectivity index (χ4v) is 9.36. The molecule has 4 aromatic rings. The van der Waals surface area contributed by atoms with Crippen molar-refractivity contribution < 1.29 is 23.4 Å². The maximum absolute atomic E-state index is 16.9. The summed E-state index contributed by atoms with van der Waals surface area (Å²) in [6.45, 7) is 15.4. The fourth-order valence-electron chi connectivity index (χ4n) is 9.36. The maximum atomic E-state index is 16.9. The van der Waals surface area contributed by atoms with Gasteiger partial charge in [0.2, 0.25) is 5.91 Å². The van der Waals surface area contributed by atoms with E-state index in [4.69, 9.17) is 9.72 Å². The Kier molecular flexibility index (Phi) is 11.0. The Labute approximate surface area is 334 Å². The van der Waals surface area contributed by atoms with Crippen LogP contribution in [0.3, 0.4) is 0 Å². The molecule has 0 spiro atoms. The molecular weight excluding hydrogens is 727 g/mol. The number of rotatable bonds is 12. The van der Waals surface area contributed by atoms with Crippen LogP contribution in [0, 0.1) is 17.2 Å². The Hall–Kier alpha value is -4.20. The van der Waals surface area contributed by atoms with Gasteiger partial charge in [-0.2, -0.15) is 9.97 Å². The third-order valence-corrected chi connectivity index (χ3v) is 12.9. The molecule has 4 fully saturated rings. The summed E-state index contributed by atoms with van der Waals surface area (Å²) >= 11 is 0. The van der Waals surface area contributed by atoms with Crippen LogP contribution in [0.5, 0.6) is 11.8 Å². The molecule has 3 N–H and O–H groups in total. The highest BCUT2D eigenvalue weighted by atomic mass is 19.1. The monoisotopic (exact) mass is 784 g/mol. The lowest BCUT2D eigenvalue weighted by atomic mass is 9.81. The highest BCUT2D eigenvalue weighted by Crippen LogP contribution is 2.39. The number of aryl methyl sites for hydroxylation is 1. The quantitative estimate of drug-likeness (QED) is 0.152. The number of anilines is 1. The number of aromatic hydroxyl groups is 1. The van der Waals surface area contributed by atoms with E-state index in [-0.39, 0.29) is 46.9 Å². The number of nitrogens with zero attached hydrogens (tertiary/aromatic N) is 6. The third kappa shape index (κ3) is 8.52. The minimum atomic E-state index is -1.24. The molecule has 4 saturated heterocycles. The van der Waals surface area contributed by atoms with Crippen LogP contribution < -0.4 is 20.3 Å². The predicted octanol–water partition coefficient (Wildman–Crippen LogP) is 6.25. The second-order valence-corrected chi connectivity index (χ2v) is 18.2. The number of piperazine rings is 1. The van der Waals surface area contributed by atoms with E-state index in [9.17, 15) is 9.90 Å². The first-order valence-corrected chi connectivity index (χ1v) is 20.9. The number of alkyl halides is 1. The van der Waals surface area contributed by atoms with Crippen molar-refractivity contribution in [2.24, 2.45) is 11.3 Å². The summed E-state index contributed by atoms with van der Waals surface area (Å²) < 4.78 is 38.8. The number of amides is 1. The van der Waals surface area contributed by atoms with E-state index in [2.05, 4.69) is 58.1 Å². The van der Waals surface area contributed by atoms with Crippen molar-refractivity contribution in [3.63, 3.8) is 0 Å². The normalized spacial score (nSPS) is 22.2. The van der Waals surface area contributed by atoms with E-state index in [0.717, 1.165) is 74.6 Å². The predicted molar refractivity (Wildman–Crippen MR) is 220 cm³/mol. The summed E-state index contributed by atoms with van der Waals surface area (Å²) in [5, 5.41) is 19.6. The van der Waals surface area contributed by atoms with Gasteiger partial charge in [0.1, 0.15) is 35.1 Å². The molecule has 2 aromatic heterocycles. The van der Waals surface area contributed by atoms with Gasteiger partial charge in [-0.3, -0.25) is 19.6 Å². The smallest absolute Gasteiger partial charge is 0.319 e. The van der Waals surface area contributed by atoms with Crippen molar-refractivity contribution in [2.75, 3.05) is 63.9 Å². The van der Waals surface area contributed by atoms with Gasteiger partial charge in [-0.15, -0.1) is 0 Å². The number of fused-ring (bicyclic) bond motifs is 4. The lowest BCUT2D eigenvalue weighted by molar-refractivity contribution is -0.128. The summed E-state index contributed by atoms with van der Waals surface area (Å²) in [4.78, 5) is 33.2. The highest BCUT2D eigenvalue weighted by molar-refractivity contribution is 6.01. The minimum absolute atomic E-state index is 0.0270. The van der Waals surface area contributed by atoms with Crippen LogP contribution in [0.25, 0.3) is 32.9 Å².